The molecule has 0 aliphatic carbocycles. The van der Waals surface area contributed by atoms with Crippen LogP contribution in [0.15, 0.2) is 91.0 Å². The Morgan fingerprint density at radius 2 is 0.823 bits per heavy atom. The predicted molar refractivity (Wildman–Crippen MR) is 303 cm³/mol. The van der Waals surface area contributed by atoms with Gasteiger partial charge in [0.15, 0.2) is 10.8 Å². The van der Waals surface area contributed by atoms with Crippen LogP contribution in [0.2, 0.25) is 5.21 Å². The van der Waals surface area contributed by atoms with E-state index in [9.17, 15) is 4.39 Å². The third-order valence-electron chi connectivity index (χ3n) is 11.1. The fourth-order valence-electron chi connectivity index (χ4n) is 6.14. The lowest BCUT2D eigenvalue weighted by Gasteiger charge is -2.50. The zero-order valence-electron chi connectivity index (χ0n) is 35.8. The fourth-order valence-corrected chi connectivity index (χ4v) is 10.2. The van der Waals surface area contributed by atoms with Crippen molar-refractivity contribution in [1.29, 1.82) is 0 Å². The van der Waals surface area contributed by atoms with Crippen molar-refractivity contribution < 1.29 is 31.8 Å². The molecule has 0 spiro atoms. The largest absolute Gasteiger partial charge is 0.492 e. The molecule has 0 saturated heterocycles. The van der Waals surface area contributed by atoms with Crippen LogP contribution in [-0.2, 0) is 0 Å². The molecule has 18 heteroatoms. The Labute approximate surface area is 424 Å². The minimum Gasteiger partial charge on any atom is -0.492 e. The van der Waals surface area contributed by atoms with Crippen molar-refractivity contribution in [3.63, 3.8) is 0 Å². The molecule has 3 nitrogen and oxygen atoms in total. The van der Waals surface area contributed by atoms with Crippen molar-refractivity contribution in [1.82, 2.24) is 0 Å². The monoisotopic (exact) mass is 1300 g/mol. The molecule has 4 aromatic rings. The fraction of sp³-hybridized carbons (Fsp3) is 0.455. The lowest BCUT2D eigenvalue weighted by molar-refractivity contribution is -0.0108. The van der Waals surface area contributed by atoms with Gasteiger partial charge >= 0.3 is 0 Å². The average molecular weight is 1300 g/mol. The SMILES string of the molecule is [B]C([B])(C(C)F)C(P)(I)C(P)(I)COc1ccc(-c2ccc(-c3ccc(-c4cc(OCC(F)(P)C(F)(P)C(C)(C)C)cc(OCC(P)(I)C(F)(P)C(C)(C)C)c4)cc3)cc2)cc1. The minimum atomic E-state index is -2.44. The molecule has 334 valence electrons. The average Bonchev–Trinajstić information content (AvgIpc) is 3.17. The summed E-state index contributed by atoms with van der Waals surface area (Å²) >= 11 is 6.34. The quantitative estimate of drug-likeness (QED) is 0.0347. The Hall–Kier alpha value is 0.900. The first-order chi connectivity index (χ1) is 28.1. The summed E-state index contributed by atoms with van der Waals surface area (Å²) in [7, 11) is 26.7. The van der Waals surface area contributed by atoms with Gasteiger partial charge in [0.05, 0.1) is 28.2 Å². The van der Waals surface area contributed by atoms with E-state index in [1.54, 1.807) is 32.9 Å². The summed E-state index contributed by atoms with van der Waals surface area (Å²) in [6, 6.07) is 29.1. The van der Waals surface area contributed by atoms with Gasteiger partial charge in [0, 0.05) is 16.9 Å². The van der Waals surface area contributed by atoms with Gasteiger partial charge in [0.25, 0.3) is 0 Å². The Morgan fingerprint density at radius 3 is 1.19 bits per heavy atom. The smallest absolute Gasteiger partial charge is 0.194 e. The number of benzene rings is 4. The van der Waals surface area contributed by atoms with Crippen LogP contribution in [0, 0.1) is 10.8 Å². The highest BCUT2D eigenvalue weighted by molar-refractivity contribution is 14.1. The zero-order chi connectivity index (χ0) is 47.1. The van der Waals surface area contributed by atoms with E-state index in [1.165, 1.54) is 6.92 Å². The second kappa shape index (κ2) is 20.5. The molecular formula is C44H55B2F4I3O3P6. The first-order valence-electron chi connectivity index (χ1n) is 19.5. The van der Waals surface area contributed by atoms with E-state index in [-0.39, 0.29) is 19.0 Å². The van der Waals surface area contributed by atoms with Gasteiger partial charge in [-0.2, -0.15) is 0 Å². The summed E-state index contributed by atoms with van der Waals surface area (Å²) in [5.41, 5.74) is 3.82. The van der Waals surface area contributed by atoms with Gasteiger partial charge in [-0.25, -0.2) is 17.6 Å². The summed E-state index contributed by atoms with van der Waals surface area (Å²) in [5.74, 6) is 1.32. The van der Waals surface area contributed by atoms with Gasteiger partial charge in [-0.1, -0.05) is 203 Å². The van der Waals surface area contributed by atoms with E-state index in [2.05, 4.69) is 129 Å². The standard InChI is InChI=1S/C44H55B2F4I3O3P6/c1-26(47)41(45,46)44(53,62)40(52,59)25-55-33-18-16-30(17-19-33)29-10-8-27(9-11-29)28-12-14-31(15-13-28)32-20-34(54-23-38(48,57)42(49,60)36(2,3)4)22-35(21-32)56-24-39(51,58)43(50,61)37(5,6)7/h8-22,26H,23-25,57-62H2,1-7H3. The summed E-state index contributed by atoms with van der Waals surface area (Å²) in [6.07, 6.45) is -1.45. The third kappa shape index (κ3) is 12.4. The number of alkyl halides is 7. The molecule has 13 unspecified atom stereocenters. The summed E-state index contributed by atoms with van der Waals surface area (Å²) in [6.45, 7) is 11.3. The van der Waals surface area contributed by atoms with Gasteiger partial charge in [-0.15, -0.1) is 27.7 Å². The van der Waals surface area contributed by atoms with Gasteiger partial charge in [-0.3, -0.25) is 0 Å². The molecule has 0 saturated carbocycles. The second-order valence-electron chi connectivity index (χ2n) is 18.0. The van der Waals surface area contributed by atoms with Crippen LogP contribution in [0.5, 0.6) is 17.2 Å². The van der Waals surface area contributed by atoms with Crippen molar-refractivity contribution >= 4 is 139 Å². The topological polar surface area (TPSA) is 27.7 Å². The molecule has 0 fully saturated rings. The third-order valence-corrected chi connectivity index (χ3v) is 24.6. The molecule has 13 atom stereocenters. The number of hydrogen-bond donors (Lipinski definition) is 0. The van der Waals surface area contributed by atoms with Crippen molar-refractivity contribution in [2.75, 3.05) is 19.8 Å². The van der Waals surface area contributed by atoms with Crippen LogP contribution >= 0.6 is 123 Å². The van der Waals surface area contributed by atoms with Gasteiger partial charge in [0.1, 0.15) is 45.6 Å². The maximum absolute atomic E-state index is 16.1. The molecule has 4 aromatic carbocycles. The van der Waals surface area contributed by atoms with Crippen molar-refractivity contribution in [2.45, 2.75) is 85.6 Å². The number of halogens is 7. The predicted octanol–water partition coefficient (Wildman–Crippen LogP) is 14.4. The van der Waals surface area contributed by atoms with Crippen LogP contribution in [0.3, 0.4) is 0 Å². The van der Waals surface area contributed by atoms with E-state index in [0.29, 0.717) is 11.5 Å². The molecule has 0 N–H and O–H groups in total. The van der Waals surface area contributed by atoms with Crippen LogP contribution in [-0.4, -0.2) is 67.4 Å². The highest BCUT2D eigenvalue weighted by atomic mass is 127. The molecule has 0 aliphatic heterocycles. The number of ether oxygens (including phenoxy) is 3. The Kier molecular flexibility index (Phi) is 18.3. The molecule has 62 heavy (non-hydrogen) atoms. The van der Waals surface area contributed by atoms with Crippen molar-refractivity contribution in [3.8, 4) is 50.6 Å². The van der Waals surface area contributed by atoms with Crippen LogP contribution < -0.4 is 14.2 Å². The van der Waals surface area contributed by atoms with E-state index < -0.39 is 54.5 Å². The highest BCUT2D eigenvalue weighted by Crippen LogP contribution is 2.62. The van der Waals surface area contributed by atoms with Crippen LogP contribution in [0.1, 0.15) is 48.5 Å². The molecule has 4 rings (SSSR count). The van der Waals surface area contributed by atoms with E-state index >= 15 is 13.2 Å². The van der Waals surface area contributed by atoms with Crippen LogP contribution in [0.4, 0.5) is 17.6 Å². The van der Waals surface area contributed by atoms with Crippen molar-refractivity contribution in [3.05, 3.63) is 91.0 Å². The van der Waals surface area contributed by atoms with E-state index in [4.69, 9.17) is 29.9 Å². The van der Waals surface area contributed by atoms with E-state index in [0.717, 1.165) is 33.4 Å². The van der Waals surface area contributed by atoms with E-state index in [1.807, 2.05) is 93.8 Å². The van der Waals surface area contributed by atoms with Crippen molar-refractivity contribution in [2.24, 2.45) is 10.8 Å². The summed E-state index contributed by atoms with van der Waals surface area (Å²) in [4.78, 5) is 0. The molecule has 0 aliphatic rings. The lowest BCUT2D eigenvalue weighted by Crippen LogP contribution is -2.52. The molecule has 4 radical (unpaired) electrons. The lowest BCUT2D eigenvalue weighted by atomic mass is 9.49. The first kappa shape index (κ1) is 55.5. The summed E-state index contributed by atoms with van der Waals surface area (Å²) < 4.78 is 77.9. The number of hydrogen-bond acceptors (Lipinski definition) is 3. The van der Waals surface area contributed by atoms with Crippen LogP contribution in [0.25, 0.3) is 33.4 Å². The molecule has 0 amide bonds. The Bertz CT molecular complexity index is 2090. The van der Waals surface area contributed by atoms with Gasteiger partial charge in [-0.05, 0) is 64.6 Å². The maximum Gasteiger partial charge on any atom is 0.194 e. The summed E-state index contributed by atoms with van der Waals surface area (Å²) in [5, 5.41) is -8.07. The Morgan fingerprint density at radius 1 is 0.500 bits per heavy atom. The van der Waals surface area contributed by atoms with Gasteiger partial charge in [0.2, 0.25) is 0 Å². The number of rotatable bonds is 17. The molecule has 0 aromatic heterocycles. The first-order valence-corrected chi connectivity index (χ1v) is 26.2. The maximum atomic E-state index is 16.1. The minimum absolute atomic E-state index is 0.00689. The second-order valence-corrected chi connectivity index (χ2v) is 32.4. The van der Waals surface area contributed by atoms with Gasteiger partial charge < -0.3 is 14.2 Å². The zero-order valence-corrected chi connectivity index (χ0v) is 49.2. The molecule has 0 heterocycles. The molecular weight excluding hydrogens is 1240 g/mol. The highest BCUT2D eigenvalue weighted by Gasteiger charge is 2.56. The molecule has 0 bridgehead atoms. The Balaban J connectivity index is 1.55. The normalized spacial score (nSPS) is 19.0.